The lowest BCUT2D eigenvalue weighted by atomic mass is 9.85. The summed E-state index contributed by atoms with van der Waals surface area (Å²) in [6.07, 6.45) is 0. The molecule has 27 heavy (non-hydrogen) atoms. The molecule has 3 rings (SSSR count). The zero-order valence-electron chi connectivity index (χ0n) is 15.7. The van der Waals surface area contributed by atoms with Crippen molar-refractivity contribution >= 4 is 5.97 Å². The Morgan fingerprint density at radius 3 is 1.81 bits per heavy atom. The summed E-state index contributed by atoms with van der Waals surface area (Å²) in [6.45, 7) is 4.55. The van der Waals surface area contributed by atoms with Crippen molar-refractivity contribution in [2.75, 3.05) is 0 Å². The molecule has 0 saturated carbocycles. The van der Waals surface area contributed by atoms with E-state index >= 15 is 0 Å². The van der Waals surface area contributed by atoms with Crippen LogP contribution in [0.3, 0.4) is 0 Å². The summed E-state index contributed by atoms with van der Waals surface area (Å²) < 4.78 is 11.3. The van der Waals surface area contributed by atoms with Crippen LogP contribution < -0.4 is 4.74 Å². The number of esters is 1. The molecule has 0 aliphatic carbocycles. The summed E-state index contributed by atoms with van der Waals surface area (Å²) in [7, 11) is 0. The lowest BCUT2D eigenvalue weighted by molar-refractivity contribution is -0.150. The van der Waals surface area contributed by atoms with Gasteiger partial charge in [-0.1, -0.05) is 72.8 Å². The maximum atomic E-state index is 12.6. The third-order valence-corrected chi connectivity index (χ3v) is 4.55. The molecule has 138 valence electrons. The molecule has 0 fully saturated rings. The molecule has 0 radical (unpaired) electrons. The van der Waals surface area contributed by atoms with Crippen molar-refractivity contribution in [1.82, 2.24) is 0 Å². The van der Waals surface area contributed by atoms with Crippen molar-refractivity contribution < 1.29 is 14.3 Å². The van der Waals surface area contributed by atoms with Gasteiger partial charge in [0.05, 0.1) is 5.41 Å². The Bertz CT molecular complexity index is 853. The Hall–Kier alpha value is -3.07. The van der Waals surface area contributed by atoms with Gasteiger partial charge in [0.25, 0.3) is 0 Å². The minimum absolute atomic E-state index is 0.246. The Labute approximate surface area is 160 Å². The average molecular weight is 360 g/mol. The molecular weight excluding hydrogens is 336 g/mol. The van der Waals surface area contributed by atoms with Gasteiger partial charge in [-0.2, -0.15) is 0 Å². The third-order valence-electron chi connectivity index (χ3n) is 4.55. The zero-order valence-corrected chi connectivity index (χ0v) is 15.7. The average Bonchev–Trinajstić information content (AvgIpc) is 2.72. The Kier molecular flexibility index (Phi) is 5.92. The van der Waals surface area contributed by atoms with Crippen LogP contribution in [0.25, 0.3) is 0 Å². The molecule has 0 saturated heterocycles. The largest absolute Gasteiger partial charge is 0.489 e. The highest BCUT2D eigenvalue weighted by molar-refractivity contribution is 5.82. The second kappa shape index (κ2) is 8.54. The van der Waals surface area contributed by atoms with Gasteiger partial charge in [0.2, 0.25) is 0 Å². The molecule has 3 aromatic carbocycles. The summed E-state index contributed by atoms with van der Waals surface area (Å²) in [4.78, 5) is 12.6. The lowest BCUT2D eigenvalue weighted by Crippen LogP contribution is -2.31. The Morgan fingerprint density at radius 2 is 1.26 bits per heavy atom. The van der Waals surface area contributed by atoms with Crippen molar-refractivity contribution in [3.05, 3.63) is 102 Å². The third kappa shape index (κ3) is 4.98. The molecule has 0 bridgehead atoms. The van der Waals surface area contributed by atoms with Crippen LogP contribution in [-0.2, 0) is 28.2 Å². The van der Waals surface area contributed by atoms with E-state index in [9.17, 15) is 4.79 Å². The van der Waals surface area contributed by atoms with Crippen LogP contribution in [0.5, 0.6) is 5.75 Å². The number of hydrogen-bond donors (Lipinski definition) is 0. The summed E-state index contributed by atoms with van der Waals surface area (Å²) in [6, 6.07) is 27.3. The number of hydrogen-bond acceptors (Lipinski definition) is 3. The molecule has 0 spiro atoms. The van der Waals surface area contributed by atoms with Gasteiger partial charge in [0.15, 0.2) is 0 Å². The van der Waals surface area contributed by atoms with Crippen molar-refractivity contribution in [2.24, 2.45) is 0 Å². The number of benzene rings is 3. The first-order chi connectivity index (χ1) is 13.1. The van der Waals surface area contributed by atoms with Crippen LogP contribution >= 0.6 is 0 Å². The van der Waals surface area contributed by atoms with Gasteiger partial charge in [0, 0.05) is 0 Å². The quantitative estimate of drug-likeness (QED) is 0.537. The van der Waals surface area contributed by atoms with E-state index in [1.807, 2.05) is 98.8 Å². The lowest BCUT2D eigenvalue weighted by Gasteiger charge is -2.23. The predicted octanol–water partition coefficient (Wildman–Crippen LogP) is 5.29. The van der Waals surface area contributed by atoms with E-state index in [-0.39, 0.29) is 12.6 Å². The normalized spacial score (nSPS) is 11.0. The smallest absolute Gasteiger partial charge is 0.316 e. The maximum absolute atomic E-state index is 12.6. The van der Waals surface area contributed by atoms with Gasteiger partial charge < -0.3 is 9.47 Å². The molecule has 0 atom stereocenters. The summed E-state index contributed by atoms with van der Waals surface area (Å²) in [5, 5.41) is 0. The fourth-order valence-corrected chi connectivity index (χ4v) is 2.73. The van der Waals surface area contributed by atoms with Gasteiger partial charge in [-0.05, 0) is 42.7 Å². The Morgan fingerprint density at radius 1 is 0.741 bits per heavy atom. The maximum Gasteiger partial charge on any atom is 0.316 e. The second-order valence-corrected chi connectivity index (χ2v) is 6.99. The molecule has 0 aliphatic rings. The van der Waals surface area contributed by atoms with Crippen molar-refractivity contribution in [1.29, 1.82) is 0 Å². The summed E-state index contributed by atoms with van der Waals surface area (Å²) >= 11 is 0. The molecule has 0 aliphatic heterocycles. The highest BCUT2D eigenvalue weighted by atomic mass is 16.5. The minimum Gasteiger partial charge on any atom is -0.489 e. The highest BCUT2D eigenvalue weighted by Crippen LogP contribution is 2.27. The van der Waals surface area contributed by atoms with Crippen LogP contribution in [0.15, 0.2) is 84.9 Å². The van der Waals surface area contributed by atoms with Crippen LogP contribution in [0, 0.1) is 0 Å². The number of carbonyl (C=O) groups is 1. The van der Waals surface area contributed by atoms with Crippen LogP contribution in [0.2, 0.25) is 0 Å². The van der Waals surface area contributed by atoms with E-state index in [4.69, 9.17) is 9.47 Å². The molecule has 0 heterocycles. The minimum atomic E-state index is -0.729. The molecule has 0 unspecified atom stereocenters. The monoisotopic (exact) mass is 360 g/mol. The van der Waals surface area contributed by atoms with Crippen LogP contribution in [-0.4, -0.2) is 5.97 Å². The first-order valence-electron chi connectivity index (χ1n) is 9.04. The summed E-state index contributed by atoms with van der Waals surface area (Å²) in [5.41, 5.74) is 2.26. The van der Waals surface area contributed by atoms with Gasteiger partial charge in [-0.3, -0.25) is 4.79 Å². The van der Waals surface area contributed by atoms with E-state index in [0.29, 0.717) is 6.61 Å². The molecule has 3 heteroatoms. The molecule has 0 amide bonds. The first-order valence-corrected chi connectivity index (χ1v) is 9.04. The number of ether oxygens (including phenoxy) is 2. The van der Waals surface area contributed by atoms with E-state index < -0.39 is 5.41 Å². The predicted molar refractivity (Wildman–Crippen MR) is 106 cm³/mol. The van der Waals surface area contributed by atoms with Crippen molar-refractivity contribution in [3.8, 4) is 5.75 Å². The molecular formula is C24H24O3. The topological polar surface area (TPSA) is 35.5 Å². The second-order valence-electron chi connectivity index (χ2n) is 6.99. The van der Waals surface area contributed by atoms with Crippen molar-refractivity contribution in [2.45, 2.75) is 32.5 Å². The zero-order chi connectivity index (χ0) is 19.1. The van der Waals surface area contributed by atoms with Crippen molar-refractivity contribution in [3.63, 3.8) is 0 Å². The fraction of sp³-hybridized carbons (Fsp3) is 0.208. The van der Waals surface area contributed by atoms with Crippen LogP contribution in [0.4, 0.5) is 0 Å². The van der Waals surface area contributed by atoms with E-state index in [2.05, 4.69) is 0 Å². The first kappa shape index (κ1) is 18.7. The van der Waals surface area contributed by atoms with E-state index in [1.165, 1.54) is 0 Å². The number of rotatable bonds is 7. The van der Waals surface area contributed by atoms with Gasteiger partial charge in [-0.25, -0.2) is 0 Å². The van der Waals surface area contributed by atoms with Crippen LogP contribution in [0.1, 0.15) is 30.5 Å². The van der Waals surface area contributed by atoms with Gasteiger partial charge >= 0.3 is 5.97 Å². The molecule has 3 aromatic rings. The van der Waals surface area contributed by atoms with E-state index in [0.717, 1.165) is 22.4 Å². The fourth-order valence-electron chi connectivity index (χ4n) is 2.73. The summed E-state index contributed by atoms with van der Waals surface area (Å²) in [5.74, 6) is 0.528. The van der Waals surface area contributed by atoms with Gasteiger partial charge in [0.1, 0.15) is 19.0 Å². The van der Waals surface area contributed by atoms with E-state index in [1.54, 1.807) is 0 Å². The molecule has 0 aromatic heterocycles. The molecule has 3 nitrogen and oxygen atoms in total. The SMILES string of the molecule is CC(C)(C(=O)OCc1ccccc1)c1ccc(OCc2ccccc2)cc1. The number of carbonyl (C=O) groups excluding carboxylic acids is 1. The Balaban J connectivity index is 1.59. The van der Waals surface area contributed by atoms with Gasteiger partial charge in [-0.15, -0.1) is 0 Å². The highest BCUT2D eigenvalue weighted by Gasteiger charge is 2.31. The molecule has 0 N–H and O–H groups in total. The standard InChI is InChI=1S/C24H24O3/c1-24(2,23(25)27-18-20-11-7-4-8-12-20)21-13-15-22(16-14-21)26-17-19-9-5-3-6-10-19/h3-16H,17-18H2,1-2H3.